The molecule has 0 aliphatic heterocycles. The number of unbranched alkanes of at least 4 members (excludes halogenated alkanes) is 9. The summed E-state index contributed by atoms with van der Waals surface area (Å²) >= 11 is 0. The molecule has 0 amide bonds. The van der Waals surface area contributed by atoms with Gasteiger partial charge in [0.1, 0.15) is 0 Å². The van der Waals surface area contributed by atoms with Gasteiger partial charge in [-0.2, -0.15) is 0 Å². The fourth-order valence-corrected chi connectivity index (χ4v) is 3.86. The Labute approximate surface area is 160 Å². The molecule has 0 saturated carbocycles. The van der Waals surface area contributed by atoms with Crippen LogP contribution in [0.25, 0.3) is 0 Å². The van der Waals surface area contributed by atoms with Crippen LogP contribution in [0.5, 0.6) is 0 Å². The van der Waals surface area contributed by atoms with Crippen LogP contribution < -0.4 is 0 Å². The molecule has 0 aliphatic carbocycles. The molecule has 2 atom stereocenters. The van der Waals surface area contributed by atoms with E-state index >= 15 is 0 Å². The molecule has 0 aliphatic rings. The number of hydrogen-bond donors (Lipinski definition) is 6. The fraction of sp³-hybridized carbons (Fsp3) is 1.00. The standard InChI is InChI=1S/C12H28O6P2.O5P2/c13-19(14,15)11-9-7-5-3-1-2-4-6-8-10-12-20(16,17)18;1-6(2)5-7(3)4/h1-12H2,(H2,13,14,15)(H2,16,17,18);/p+2. The van der Waals surface area contributed by atoms with E-state index in [0.717, 1.165) is 51.4 Å². The molecule has 0 radical (unpaired) electrons. The first kappa shape index (κ1) is 29.6. The van der Waals surface area contributed by atoms with Gasteiger partial charge in [0, 0.05) is 21.5 Å². The van der Waals surface area contributed by atoms with Gasteiger partial charge in [0.2, 0.25) is 0 Å². The summed E-state index contributed by atoms with van der Waals surface area (Å²) in [4.78, 5) is 50.0. The zero-order valence-corrected chi connectivity index (χ0v) is 18.6. The van der Waals surface area contributed by atoms with E-state index in [1.54, 1.807) is 0 Å². The van der Waals surface area contributed by atoms with E-state index < -0.39 is 31.7 Å². The minimum Gasteiger partial charge on any atom is -0.324 e. The first-order chi connectivity index (χ1) is 12.3. The Morgan fingerprint density at radius 3 is 0.926 bits per heavy atom. The van der Waals surface area contributed by atoms with E-state index in [9.17, 15) is 18.3 Å². The van der Waals surface area contributed by atoms with Crippen LogP contribution in [0.4, 0.5) is 0 Å². The monoisotopic (exact) mass is 474 g/mol. The maximum absolute atomic E-state index is 10.6. The van der Waals surface area contributed by atoms with Crippen molar-refractivity contribution >= 4 is 31.7 Å². The minimum absolute atomic E-state index is 0.00737. The third-order valence-electron chi connectivity index (χ3n) is 3.29. The SMILES string of the molecule is O=P(O)(O)CCCCCCCCCCCCP(=O)(O)O.O=[P+](O)O[P+](=O)O. The van der Waals surface area contributed by atoms with Gasteiger partial charge in [0.05, 0.1) is 0 Å². The van der Waals surface area contributed by atoms with Crippen molar-refractivity contribution in [1.82, 2.24) is 0 Å². The van der Waals surface area contributed by atoms with Gasteiger partial charge in [-0.1, -0.05) is 51.4 Å². The van der Waals surface area contributed by atoms with Crippen LogP contribution in [-0.2, 0) is 22.6 Å². The Balaban J connectivity index is 0. The molecule has 0 rings (SSSR count). The van der Waals surface area contributed by atoms with Crippen molar-refractivity contribution in [1.29, 1.82) is 0 Å². The summed E-state index contributed by atoms with van der Waals surface area (Å²) in [5, 5.41) is 0. The van der Waals surface area contributed by atoms with Crippen molar-refractivity contribution in [2.45, 2.75) is 64.2 Å². The lowest BCUT2D eigenvalue weighted by molar-refractivity contribution is 0.368. The van der Waals surface area contributed by atoms with E-state index in [-0.39, 0.29) is 12.3 Å². The van der Waals surface area contributed by atoms with Crippen LogP contribution in [0.15, 0.2) is 0 Å². The molecule has 0 bridgehead atoms. The van der Waals surface area contributed by atoms with Crippen molar-refractivity contribution in [2.24, 2.45) is 0 Å². The summed E-state index contributed by atoms with van der Waals surface area (Å²) in [7, 11) is -13.5. The molecule has 11 nitrogen and oxygen atoms in total. The lowest BCUT2D eigenvalue weighted by Crippen LogP contribution is -1.89. The smallest absolute Gasteiger partial charge is 0.324 e. The lowest BCUT2D eigenvalue weighted by atomic mass is 10.1. The maximum Gasteiger partial charge on any atom is 0.745 e. The van der Waals surface area contributed by atoms with Gasteiger partial charge in [0.25, 0.3) is 0 Å². The summed E-state index contributed by atoms with van der Waals surface area (Å²) in [5.41, 5.74) is 0. The van der Waals surface area contributed by atoms with Crippen LogP contribution in [0, 0.1) is 0 Å². The van der Waals surface area contributed by atoms with Crippen LogP contribution in [0.1, 0.15) is 64.2 Å². The Morgan fingerprint density at radius 2 is 0.778 bits per heavy atom. The zero-order chi connectivity index (χ0) is 21.3. The van der Waals surface area contributed by atoms with Crippen molar-refractivity contribution < 1.29 is 51.9 Å². The Kier molecular flexibility index (Phi) is 18.9. The van der Waals surface area contributed by atoms with Gasteiger partial charge >= 0.3 is 31.7 Å². The third-order valence-corrected chi connectivity index (χ3v) is 6.20. The van der Waals surface area contributed by atoms with Gasteiger partial charge in [-0.3, -0.25) is 9.13 Å². The molecule has 0 aromatic carbocycles. The second kappa shape index (κ2) is 17.3. The minimum atomic E-state index is -3.81. The van der Waals surface area contributed by atoms with Crippen LogP contribution in [0.3, 0.4) is 0 Å². The van der Waals surface area contributed by atoms with E-state index in [2.05, 4.69) is 4.31 Å². The molecular weight excluding hydrogens is 444 g/mol. The van der Waals surface area contributed by atoms with Crippen molar-refractivity contribution in [3.8, 4) is 0 Å². The second-order valence-corrected chi connectivity index (χ2v) is 11.0. The summed E-state index contributed by atoms with van der Waals surface area (Å²) in [6.07, 6.45) is 9.34. The van der Waals surface area contributed by atoms with Crippen LogP contribution in [0.2, 0.25) is 0 Å². The summed E-state index contributed by atoms with van der Waals surface area (Å²) < 4.78 is 43.4. The highest BCUT2D eigenvalue weighted by atomic mass is 31.2. The first-order valence-electron chi connectivity index (χ1n) is 8.43. The second-order valence-electron chi connectivity index (χ2n) is 5.87. The van der Waals surface area contributed by atoms with E-state index in [1.807, 2.05) is 0 Å². The number of rotatable bonds is 15. The molecule has 27 heavy (non-hydrogen) atoms. The quantitative estimate of drug-likeness (QED) is 0.150. The normalized spacial score (nSPS) is 13.0. The molecule has 0 spiro atoms. The largest absolute Gasteiger partial charge is 0.745 e. The molecule has 0 heterocycles. The highest BCUT2D eigenvalue weighted by molar-refractivity contribution is 7.52. The molecular formula is C12H30O11P4+2. The average molecular weight is 474 g/mol. The third kappa shape index (κ3) is 34.3. The topological polar surface area (TPSA) is 199 Å². The molecule has 0 fully saturated rings. The summed E-state index contributed by atoms with van der Waals surface area (Å²) in [5.74, 6) is 0. The molecule has 6 N–H and O–H groups in total. The van der Waals surface area contributed by atoms with Gasteiger partial charge in [0.15, 0.2) is 4.31 Å². The Morgan fingerprint density at radius 1 is 0.556 bits per heavy atom. The average Bonchev–Trinajstić information content (AvgIpc) is 2.45. The van der Waals surface area contributed by atoms with E-state index in [1.165, 1.54) is 0 Å². The van der Waals surface area contributed by atoms with Gasteiger partial charge in [-0.05, 0) is 12.8 Å². The summed E-state index contributed by atoms with van der Waals surface area (Å²) in [6, 6.07) is 0. The van der Waals surface area contributed by atoms with Gasteiger partial charge in [-0.15, -0.1) is 9.79 Å². The van der Waals surface area contributed by atoms with Gasteiger partial charge in [-0.25, -0.2) is 0 Å². The predicted octanol–water partition coefficient (Wildman–Crippen LogP) is 3.55. The van der Waals surface area contributed by atoms with Gasteiger partial charge < -0.3 is 19.6 Å². The molecule has 15 heteroatoms. The van der Waals surface area contributed by atoms with Crippen molar-refractivity contribution in [2.75, 3.05) is 12.3 Å². The number of hydrogen-bond acceptors (Lipinski definition) is 5. The Bertz CT molecular complexity index is 458. The van der Waals surface area contributed by atoms with Crippen molar-refractivity contribution in [3.63, 3.8) is 0 Å². The zero-order valence-electron chi connectivity index (χ0n) is 15.0. The Hall–Kier alpha value is 0.380. The first-order valence-corrected chi connectivity index (χ1v) is 14.3. The molecule has 0 saturated heterocycles. The molecule has 0 aromatic heterocycles. The lowest BCUT2D eigenvalue weighted by Gasteiger charge is -2.05. The van der Waals surface area contributed by atoms with Crippen molar-refractivity contribution in [3.05, 3.63) is 0 Å². The highest BCUT2D eigenvalue weighted by Gasteiger charge is 2.31. The van der Waals surface area contributed by atoms with Crippen LogP contribution in [-0.4, -0.2) is 41.7 Å². The van der Waals surface area contributed by atoms with E-state index in [0.29, 0.717) is 12.8 Å². The van der Waals surface area contributed by atoms with E-state index in [4.69, 9.17) is 29.4 Å². The fourth-order valence-electron chi connectivity index (χ4n) is 2.11. The predicted molar refractivity (Wildman–Crippen MR) is 101 cm³/mol. The highest BCUT2D eigenvalue weighted by Crippen LogP contribution is 2.36. The molecule has 162 valence electrons. The molecule has 2 unspecified atom stereocenters. The van der Waals surface area contributed by atoms with Crippen LogP contribution >= 0.6 is 31.7 Å². The maximum atomic E-state index is 10.6. The molecule has 0 aromatic rings. The summed E-state index contributed by atoms with van der Waals surface area (Å²) in [6.45, 7) is 0.